The van der Waals surface area contributed by atoms with Crippen molar-refractivity contribution < 1.29 is 9.59 Å². The Hall–Kier alpha value is -1.36. The van der Waals surface area contributed by atoms with Crippen molar-refractivity contribution in [3.63, 3.8) is 0 Å². The van der Waals surface area contributed by atoms with Gasteiger partial charge >= 0.3 is 0 Å². The van der Waals surface area contributed by atoms with Crippen LogP contribution < -0.4 is 10.6 Å². The number of likely N-dealkylation sites (N-methyl/N-ethyl adjacent to an activating group) is 1. The molecule has 0 aliphatic rings. The predicted molar refractivity (Wildman–Crippen MR) is 66.6 cm³/mol. The molecule has 86 valence electrons. The molecule has 1 aromatic rings. The van der Waals surface area contributed by atoms with Gasteiger partial charge in [0.1, 0.15) is 0 Å². The molecule has 1 aromatic carbocycles. The number of hydrogen-bond donors (Lipinski definition) is 1. The molecule has 2 N–H and O–H groups in total. The highest BCUT2D eigenvalue weighted by Gasteiger charge is 2.11. The zero-order chi connectivity index (χ0) is 12.1. The molecule has 0 radical (unpaired) electrons. The first-order chi connectivity index (χ1) is 7.58. The van der Waals surface area contributed by atoms with E-state index >= 15 is 0 Å². The van der Waals surface area contributed by atoms with Gasteiger partial charge in [0.25, 0.3) is 0 Å². The van der Waals surface area contributed by atoms with Crippen LogP contribution in [0.25, 0.3) is 0 Å². The monoisotopic (exact) mass is 284 g/mol. The Morgan fingerprint density at radius 1 is 1.56 bits per heavy atom. The summed E-state index contributed by atoms with van der Waals surface area (Å²) in [4.78, 5) is 23.6. The van der Waals surface area contributed by atoms with Gasteiger partial charge in [0, 0.05) is 22.3 Å². The highest BCUT2D eigenvalue weighted by Crippen LogP contribution is 2.23. The van der Waals surface area contributed by atoms with Gasteiger partial charge in [0.05, 0.1) is 6.54 Å². The zero-order valence-corrected chi connectivity index (χ0v) is 10.5. The van der Waals surface area contributed by atoms with E-state index in [2.05, 4.69) is 15.9 Å². The van der Waals surface area contributed by atoms with Gasteiger partial charge in [-0.25, -0.2) is 0 Å². The van der Waals surface area contributed by atoms with Crippen molar-refractivity contribution in [3.8, 4) is 0 Å². The Labute approximate surface area is 103 Å². The fraction of sp³-hybridized carbons (Fsp3) is 0.273. The predicted octanol–water partition coefficient (Wildman–Crippen LogP) is 1.57. The van der Waals surface area contributed by atoms with E-state index in [4.69, 9.17) is 5.73 Å². The number of carbonyl (C=O) groups is 2. The van der Waals surface area contributed by atoms with Gasteiger partial charge in [0.2, 0.25) is 5.91 Å². The van der Waals surface area contributed by atoms with Crippen LogP contribution in [0, 0.1) is 0 Å². The lowest BCUT2D eigenvalue weighted by atomic mass is 10.1. The minimum Gasteiger partial charge on any atom is -0.368 e. The highest BCUT2D eigenvalue weighted by atomic mass is 79.9. The van der Waals surface area contributed by atoms with Crippen molar-refractivity contribution in [2.75, 3.05) is 18.0 Å². The van der Waals surface area contributed by atoms with E-state index in [1.165, 1.54) is 0 Å². The second kappa shape index (κ2) is 5.65. The van der Waals surface area contributed by atoms with Crippen molar-refractivity contribution in [3.05, 3.63) is 28.2 Å². The maximum absolute atomic E-state index is 10.9. The van der Waals surface area contributed by atoms with Crippen LogP contribution in [0.4, 0.5) is 5.69 Å². The first-order valence-electron chi connectivity index (χ1n) is 4.86. The lowest BCUT2D eigenvalue weighted by Gasteiger charge is -2.22. The molecule has 4 nitrogen and oxygen atoms in total. The second-order valence-corrected chi connectivity index (χ2v) is 4.22. The Morgan fingerprint density at radius 2 is 2.25 bits per heavy atom. The molecule has 16 heavy (non-hydrogen) atoms. The van der Waals surface area contributed by atoms with E-state index in [-0.39, 0.29) is 6.54 Å². The Morgan fingerprint density at radius 3 is 2.75 bits per heavy atom. The highest BCUT2D eigenvalue weighted by molar-refractivity contribution is 9.10. The number of halogens is 1. The number of carbonyl (C=O) groups excluding carboxylic acids is 2. The van der Waals surface area contributed by atoms with Gasteiger partial charge in [-0.1, -0.05) is 15.9 Å². The number of rotatable bonds is 5. The third-order valence-corrected chi connectivity index (χ3v) is 2.68. The van der Waals surface area contributed by atoms with Crippen molar-refractivity contribution in [2.45, 2.75) is 6.92 Å². The number of primary amides is 1. The van der Waals surface area contributed by atoms with Gasteiger partial charge in [-0.05, 0) is 25.1 Å². The molecule has 0 unspecified atom stereocenters. The summed E-state index contributed by atoms with van der Waals surface area (Å²) in [7, 11) is 0. The summed E-state index contributed by atoms with van der Waals surface area (Å²) >= 11 is 3.29. The molecule has 0 saturated heterocycles. The molecular formula is C11H13BrN2O2. The molecule has 0 aliphatic carbocycles. The van der Waals surface area contributed by atoms with E-state index in [1.54, 1.807) is 17.0 Å². The van der Waals surface area contributed by atoms with Crippen molar-refractivity contribution >= 4 is 33.8 Å². The molecule has 0 spiro atoms. The quantitative estimate of drug-likeness (QED) is 0.835. The molecule has 0 aromatic heterocycles. The van der Waals surface area contributed by atoms with Crippen LogP contribution in [0.1, 0.15) is 17.3 Å². The van der Waals surface area contributed by atoms with E-state index in [1.807, 2.05) is 13.0 Å². The number of nitrogens with zero attached hydrogens (tertiary/aromatic N) is 1. The minimum atomic E-state index is -0.415. The van der Waals surface area contributed by atoms with Gasteiger partial charge in [0.15, 0.2) is 6.29 Å². The maximum atomic E-state index is 10.9. The first kappa shape index (κ1) is 12.7. The van der Waals surface area contributed by atoms with E-state index in [9.17, 15) is 9.59 Å². The van der Waals surface area contributed by atoms with Gasteiger partial charge in [-0.2, -0.15) is 0 Å². The molecule has 0 heterocycles. The second-order valence-electron chi connectivity index (χ2n) is 3.30. The van der Waals surface area contributed by atoms with Crippen LogP contribution in [0.2, 0.25) is 0 Å². The van der Waals surface area contributed by atoms with Crippen LogP contribution in [0.15, 0.2) is 22.7 Å². The largest absolute Gasteiger partial charge is 0.368 e. The van der Waals surface area contributed by atoms with E-state index < -0.39 is 5.91 Å². The van der Waals surface area contributed by atoms with Crippen LogP contribution in [-0.4, -0.2) is 25.3 Å². The third kappa shape index (κ3) is 3.06. The van der Waals surface area contributed by atoms with Gasteiger partial charge in [-0.3, -0.25) is 9.59 Å². The Balaban J connectivity index is 3.08. The fourth-order valence-electron chi connectivity index (χ4n) is 1.46. The summed E-state index contributed by atoms with van der Waals surface area (Å²) in [6.45, 7) is 2.63. The summed E-state index contributed by atoms with van der Waals surface area (Å²) in [5, 5.41) is 0. The third-order valence-electron chi connectivity index (χ3n) is 2.19. The Kier molecular flexibility index (Phi) is 4.49. The molecule has 5 heteroatoms. The van der Waals surface area contributed by atoms with Crippen molar-refractivity contribution in [1.29, 1.82) is 0 Å². The molecule has 0 aliphatic heterocycles. The number of amides is 1. The van der Waals surface area contributed by atoms with Gasteiger partial charge in [-0.15, -0.1) is 0 Å². The number of aldehydes is 1. The lowest BCUT2D eigenvalue weighted by Crippen LogP contribution is -2.34. The zero-order valence-electron chi connectivity index (χ0n) is 8.94. The van der Waals surface area contributed by atoms with Crippen LogP contribution >= 0.6 is 15.9 Å². The van der Waals surface area contributed by atoms with Crippen LogP contribution in [-0.2, 0) is 4.79 Å². The normalized spacial score (nSPS) is 9.88. The molecule has 0 saturated carbocycles. The number of hydrogen-bond acceptors (Lipinski definition) is 3. The smallest absolute Gasteiger partial charge is 0.236 e. The molecule has 0 bridgehead atoms. The number of nitrogens with two attached hydrogens (primary N) is 1. The molecule has 0 fully saturated rings. The number of anilines is 1. The molecular weight excluding hydrogens is 272 g/mol. The van der Waals surface area contributed by atoms with Gasteiger partial charge < -0.3 is 10.6 Å². The summed E-state index contributed by atoms with van der Waals surface area (Å²) in [6.07, 6.45) is 0.768. The number of benzene rings is 1. The first-order valence-corrected chi connectivity index (χ1v) is 5.65. The summed E-state index contributed by atoms with van der Waals surface area (Å²) in [5.74, 6) is -0.415. The molecule has 1 rings (SSSR count). The molecule has 1 amide bonds. The van der Waals surface area contributed by atoms with Crippen LogP contribution in [0.5, 0.6) is 0 Å². The summed E-state index contributed by atoms with van der Waals surface area (Å²) < 4.78 is 0.827. The fourth-order valence-corrected chi connectivity index (χ4v) is 1.84. The van der Waals surface area contributed by atoms with Crippen molar-refractivity contribution in [2.24, 2.45) is 5.73 Å². The van der Waals surface area contributed by atoms with E-state index in [0.29, 0.717) is 12.1 Å². The molecule has 0 atom stereocenters. The topological polar surface area (TPSA) is 63.4 Å². The lowest BCUT2D eigenvalue weighted by molar-refractivity contribution is -0.116. The SMILES string of the molecule is CCN(CC(N)=O)c1ccc(Br)cc1C=O. The van der Waals surface area contributed by atoms with Crippen LogP contribution in [0.3, 0.4) is 0 Å². The van der Waals surface area contributed by atoms with Crippen molar-refractivity contribution in [1.82, 2.24) is 0 Å². The standard InChI is InChI=1S/C11H13BrN2O2/c1-2-14(6-11(13)16)10-4-3-9(12)5-8(10)7-15/h3-5,7H,2,6H2,1H3,(H2,13,16). The van der Waals surface area contributed by atoms with E-state index in [0.717, 1.165) is 16.4 Å². The minimum absolute atomic E-state index is 0.110. The average molecular weight is 285 g/mol. The average Bonchev–Trinajstić information content (AvgIpc) is 2.25. The Bertz CT molecular complexity index is 407. The summed E-state index contributed by atoms with van der Waals surface area (Å²) in [6, 6.07) is 5.33. The maximum Gasteiger partial charge on any atom is 0.236 e. The summed E-state index contributed by atoms with van der Waals surface area (Å²) in [5.41, 5.74) is 6.41.